The van der Waals surface area contributed by atoms with Crippen LogP contribution in [0.5, 0.6) is 0 Å². The molecule has 0 bridgehead atoms. The van der Waals surface area contributed by atoms with Gasteiger partial charge in [-0.25, -0.2) is 4.99 Å². The van der Waals surface area contributed by atoms with Crippen molar-refractivity contribution in [1.82, 2.24) is 9.78 Å². The van der Waals surface area contributed by atoms with Crippen molar-refractivity contribution in [2.75, 3.05) is 0 Å². The maximum Gasteiger partial charge on any atom is 0.270 e. The molecule has 0 saturated heterocycles. The first-order chi connectivity index (χ1) is 11.2. The van der Waals surface area contributed by atoms with E-state index in [1.165, 1.54) is 18.4 Å². The van der Waals surface area contributed by atoms with Crippen LogP contribution in [0.15, 0.2) is 40.1 Å². The van der Waals surface area contributed by atoms with Gasteiger partial charge in [-0.05, 0) is 31.7 Å². The summed E-state index contributed by atoms with van der Waals surface area (Å²) in [6.07, 6.45) is 5.63. The third-order valence-electron chi connectivity index (χ3n) is 4.79. The van der Waals surface area contributed by atoms with Gasteiger partial charge < -0.3 is 0 Å². The molecule has 4 rings (SSSR count). The number of nitrogens with one attached hydrogen (secondary N) is 1. The summed E-state index contributed by atoms with van der Waals surface area (Å²) in [4.78, 5) is 17.3. The van der Waals surface area contributed by atoms with E-state index in [4.69, 9.17) is 4.99 Å². The van der Waals surface area contributed by atoms with E-state index in [2.05, 4.69) is 29.4 Å². The molecule has 4 nitrogen and oxygen atoms in total. The van der Waals surface area contributed by atoms with Crippen molar-refractivity contribution in [2.24, 2.45) is 4.99 Å². The second-order valence-corrected chi connectivity index (χ2v) is 7.81. The minimum Gasteiger partial charge on any atom is -0.268 e. The fourth-order valence-electron chi connectivity index (χ4n) is 3.70. The molecule has 0 spiro atoms. The van der Waals surface area contributed by atoms with Crippen molar-refractivity contribution < 1.29 is 0 Å². The van der Waals surface area contributed by atoms with Crippen molar-refractivity contribution in [3.05, 3.63) is 51.8 Å². The molecule has 23 heavy (non-hydrogen) atoms. The Labute approximate surface area is 140 Å². The third kappa shape index (κ3) is 2.78. The lowest BCUT2D eigenvalue weighted by molar-refractivity contribution is 0.468. The monoisotopic (exact) mass is 327 g/mol. The molecule has 1 fully saturated rings. The van der Waals surface area contributed by atoms with Gasteiger partial charge in [0.1, 0.15) is 0 Å². The molecule has 1 N–H and O–H groups in total. The molecule has 1 aliphatic heterocycles. The molecule has 1 aliphatic carbocycles. The van der Waals surface area contributed by atoms with Gasteiger partial charge in [0.05, 0.1) is 16.6 Å². The summed E-state index contributed by atoms with van der Waals surface area (Å²) in [5.41, 5.74) is 2.16. The number of hydrogen-bond donors (Lipinski definition) is 1. The van der Waals surface area contributed by atoms with Crippen LogP contribution < -0.4 is 5.56 Å². The number of fused-ring (bicyclic) bond motifs is 1. The summed E-state index contributed by atoms with van der Waals surface area (Å²) < 4.78 is 2.05. The number of H-pyrrole nitrogens is 1. The van der Waals surface area contributed by atoms with Crippen molar-refractivity contribution in [2.45, 2.75) is 50.3 Å². The summed E-state index contributed by atoms with van der Waals surface area (Å²) >= 11 is 1.71. The highest BCUT2D eigenvalue weighted by molar-refractivity contribution is 8.14. The molecule has 2 heterocycles. The van der Waals surface area contributed by atoms with Gasteiger partial charge >= 0.3 is 0 Å². The molecule has 1 atom stereocenters. The van der Waals surface area contributed by atoms with Gasteiger partial charge in [0.25, 0.3) is 5.56 Å². The zero-order chi connectivity index (χ0) is 15.8. The number of hydrogen-bond acceptors (Lipinski definition) is 3. The molecular weight excluding hydrogens is 306 g/mol. The standard InChI is InChI=1S/C18H21N3OS/c1-12-19-17-16(15(23-12)11-13-7-3-2-4-8-13)18(22)20-21(17)14-9-5-6-10-14/h2-4,7-8,14-15H,5-6,9-11H2,1H3,(H,20,22). The number of aliphatic imine (C=N–C) groups is 1. The first kappa shape index (κ1) is 14.8. The Morgan fingerprint density at radius 3 is 2.74 bits per heavy atom. The van der Waals surface area contributed by atoms with Gasteiger partial charge in [-0.2, -0.15) is 0 Å². The zero-order valence-corrected chi connectivity index (χ0v) is 14.1. The maximum atomic E-state index is 12.6. The molecule has 0 amide bonds. The minimum absolute atomic E-state index is 0.0385. The van der Waals surface area contributed by atoms with Gasteiger partial charge in [-0.15, -0.1) is 11.8 Å². The maximum absolute atomic E-state index is 12.6. The Kier molecular flexibility index (Phi) is 3.89. The predicted octanol–water partition coefficient (Wildman–Crippen LogP) is 4.37. The summed E-state index contributed by atoms with van der Waals surface area (Å²) in [7, 11) is 0. The van der Waals surface area contributed by atoms with E-state index < -0.39 is 0 Å². The van der Waals surface area contributed by atoms with E-state index in [1.54, 1.807) is 11.8 Å². The van der Waals surface area contributed by atoms with Crippen molar-refractivity contribution in [3.63, 3.8) is 0 Å². The number of aromatic amines is 1. The Bertz CT molecular complexity index is 784. The lowest BCUT2D eigenvalue weighted by Crippen LogP contribution is -2.14. The molecule has 1 unspecified atom stereocenters. The highest BCUT2D eigenvalue weighted by atomic mass is 32.2. The Balaban J connectivity index is 1.73. The molecule has 5 heteroatoms. The Morgan fingerprint density at radius 1 is 1.26 bits per heavy atom. The molecule has 0 radical (unpaired) electrons. The van der Waals surface area contributed by atoms with Crippen molar-refractivity contribution >= 4 is 22.6 Å². The lowest BCUT2D eigenvalue weighted by atomic mass is 10.1. The number of benzene rings is 1. The van der Waals surface area contributed by atoms with E-state index in [9.17, 15) is 4.79 Å². The smallest absolute Gasteiger partial charge is 0.268 e. The topological polar surface area (TPSA) is 50.1 Å². The zero-order valence-electron chi connectivity index (χ0n) is 13.3. The van der Waals surface area contributed by atoms with Gasteiger partial charge in [0.2, 0.25) is 0 Å². The molecule has 1 aromatic heterocycles. The Hall–Kier alpha value is -1.75. The van der Waals surface area contributed by atoms with Crippen molar-refractivity contribution in [1.29, 1.82) is 0 Å². The number of aromatic nitrogens is 2. The summed E-state index contributed by atoms with van der Waals surface area (Å²) in [5, 5.41) is 4.27. The fraction of sp³-hybridized carbons (Fsp3) is 0.444. The predicted molar refractivity (Wildman–Crippen MR) is 95.8 cm³/mol. The van der Waals surface area contributed by atoms with E-state index in [-0.39, 0.29) is 10.8 Å². The third-order valence-corrected chi connectivity index (χ3v) is 5.91. The van der Waals surface area contributed by atoms with Gasteiger partial charge in [-0.1, -0.05) is 43.2 Å². The second-order valence-electron chi connectivity index (χ2n) is 6.41. The van der Waals surface area contributed by atoms with Crippen LogP contribution in [0.4, 0.5) is 5.82 Å². The molecular formula is C18H21N3OS. The second kappa shape index (κ2) is 6.04. The lowest BCUT2D eigenvalue weighted by Gasteiger charge is -2.22. The highest BCUT2D eigenvalue weighted by Crippen LogP contribution is 2.43. The van der Waals surface area contributed by atoms with E-state index in [0.717, 1.165) is 35.7 Å². The molecule has 2 aliphatic rings. The molecule has 1 saturated carbocycles. The Morgan fingerprint density at radius 2 is 2.00 bits per heavy atom. The summed E-state index contributed by atoms with van der Waals surface area (Å²) in [5.74, 6) is 0.874. The number of nitrogens with zero attached hydrogens (tertiary/aromatic N) is 2. The molecule has 2 aromatic rings. The van der Waals surface area contributed by atoms with E-state index in [0.29, 0.717) is 6.04 Å². The summed E-state index contributed by atoms with van der Waals surface area (Å²) in [6, 6.07) is 10.8. The van der Waals surface area contributed by atoms with Gasteiger partial charge in [0, 0.05) is 5.25 Å². The van der Waals surface area contributed by atoms with Crippen LogP contribution in [-0.4, -0.2) is 14.8 Å². The van der Waals surface area contributed by atoms with Crippen LogP contribution in [0.3, 0.4) is 0 Å². The average Bonchev–Trinajstić information content (AvgIpc) is 3.16. The van der Waals surface area contributed by atoms with Crippen LogP contribution in [0.1, 0.15) is 55.0 Å². The minimum atomic E-state index is 0.0385. The first-order valence-electron chi connectivity index (χ1n) is 8.32. The van der Waals surface area contributed by atoms with Gasteiger partial charge in [-0.3, -0.25) is 14.6 Å². The van der Waals surface area contributed by atoms with Crippen LogP contribution in [0, 0.1) is 0 Å². The SMILES string of the molecule is CC1=Nc2c(c(=O)[nH]n2C2CCCC2)C(Cc2ccccc2)S1. The van der Waals surface area contributed by atoms with Crippen LogP contribution >= 0.6 is 11.8 Å². The largest absolute Gasteiger partial charge is 0.270 e. The van der Waals surface area contributed by atoms with Crippen molar-refractivity contribution in [3.8, 4) is 0 Å². The number of thioether (sulfide) groups is 1. The fourth-order valence-corrected chi connectivity index (χ4v) is 4.85. The average molecular weight is 327 g/mol. The van der Waals surface area contributed by atoms with Crippen LogP contribution in [0.25, 0.3) is 0 Å². The van der Waals surface area contributed by atoms with Crippen LogP contribution in [0.2, 0.25) is 0 Å². The van der Waals surface area contributed by atoms with E-state index >= 15 is 0 Å². The van der Waals surface area contributed by atoms with Crippen LogP contribution in [-0.2, 0) is 6.42 Å². The highest BCUT2D eigenvalue weighted by Gasteiger charge is 2.31. The number of rotatable bonds is 3. The summed E-state index contributed by atoms with van der Waals surface area (Å²) in [6.45, 7) is 2.04. The van der Waals surface area contributed by atoms with Gasteiger partial charge in [0.15, 0.2) is 5.82 Å². The van der Waals surface area contributed by atoms with E-state index in [1.807, 2.05) is 17.7 Å². The normalized spacial score (nSPS) is 21.3. The quantitative estimate of drug-likeness (QED) is 0.910. The first-order valence-corrected chi connectivity index (χ1v) is 9.20. The molecule has 1 aromatic carbocycles. The molecule has 120 valence electrons.